The average molecular weight is 883 g/mol. The van der Waals surface area contributed by atoms with Crippen molar-refractivity contribution in [3.63, 3.8) is 0 Å². The van der Waals surface area contributed by atoms with Gasteiger partial charge in [0.15, 0.2) is 6.10 Å². The Morgan fingerprint density at radius 2 is 0.619 bits per heavy atom. The van der Waals surface area contributed by atoms with Gasteiger partial charge < -0.3 is 14.2 Å². The van der Waals surface area contributed by atoms with Gasteiger partial charge in [0.05, 0.1) is 0 Å². The summed E-state index contributed by atoms with van der Waals surface area (Å²) in [5.74, 6) is -0.865. The van der Waals surface area contributed by atoms with Crippen LogP contribution in [0.25, 0.3) is 0 Å². The van der Waals surface area contributed by atoms with Gasteiger partial charge in [0, 0.05) is 19.3 Å². The molecule has 0 saturated heterocycles. The molecule has 0 fully saturated rings. The molecule has 0 bridgehead atoms. The highest BCUT2D eigenvalue weighted by Crippen LogP contribution is 2.16. The van der Waals surface area contributed by atoms with Gasteiger partial charge in [-0.25, -0.2) is 0 Å². The lowest BCUT2D eigenvalue weighted by Gasteiger charge is -2.18. The maximum atomic E-state index is 12.8. The summed E-state index contributed by atoms with van der Waals surface area (Å²) in [5.41, 5.74) is 0. The number of ether oxygens (including phenoxy) is 3. The molecule has 0 heterocycles. The summed E-state index contributed by atoms with van der Waals surface area (Å²) >= 11 is 0. The van der Waals surface area contributed by atoms with E-state index in [1.165, 1.54) is 154 Å². The second-order valence-electron chi connectivity index (χ2n) is 18.1. The van der Waals surface area contributed by atoms with Crippen molar-refractivity contribution < 1.29 is 28.6 Å². The monoisotopic (exact) mass is 883 g/mol. The van der Waals surface area contributed by atoms with Gasteiger partial charge in [-0.1, -0.05) is 249 Å². The molecule has 63 heavy (non-hydrogen) atoms. The van der Waals surface area contributed by atoms with Crippen molar-refractivity contribution >= 4 is 17.9 Å². The zero-order chi connectivity index (χ0) is 45.8. The van der Waals surface area contributed by atoms with Gasteiger partial charge in [0.25, 0.3) is 0 Å². The summed E-state index contributed by atoms with van der Waals surface area (Å²) in [5, 5.41) is 0. The summed E-state index contributed by atoms with van der Waals surface area (Å²) in [6.45, 7) is 6.53. The van der Waals surface area contributed by atoms with Crippen LogP contribution in [0.15, 0.2) is 48.6 Å². The summed E-state index contributed by atoms with van der Waals surface area (Å²) in [6, 6.07) is 0. The molecule has 0 N–H and O–H groups in total. The van der Waals surface area contributed by atoms with E-state index in [2.05, 4.69) is 69.4 Å². The normalized spacial score (nSPS) is 12.4. The van der Waals surface area contributed by atoms with E-state index in [1.54, 1.807) is 0 Å². The first-order chi connectivity index (χ1) is 31.0. The minimum Gasteiger partial charge on any atom is -0.462 e. The Balaban J connectivity index is 4.23. The molecule has 0 rings (SSSR count). The third-order valence-corrected chi connectivity index (χ3v) is 11.8. The van der Waals surface area contributed by atoms with E-state index in [1.807, 2.05) is 0 Å². The minimum atomic E-state index is -0.768. The smallest absolute Gasteiger partial charge is 0.306 e. The van der Waals surface area contributed by atoms with E-state index in [9.17, 15) is 14.4 Å². The number of hydrogen-bond acceptors (Lipinski definition) is 6. The standard InChI is InChI=1S/C57H102O6/c1-4-7-10-13-16-19-22-23-24-25-26-27-28-29-30-31-32-33-36-38-41-44-47-50-56(59)62-53-54(63-57(60)51-48-45-42-39-35-21-18-15-12-9-6-3)52-61-55(58)49-46-43-40-37-34-20-17-14-11-8-5-2/h7,10,16,19,23-24,26-27,54H,4-6,8-9,11-15,17-18,20-22,25,28-53H2,1-3H3/b10-7-,19-16-,24-23-,27-26-. The van der Waals surface area contributed by atoms with Crippen LogP contribution in [0.3, 0.4) is 0 Å². The molecule has 0 aliphatic rings. The lowest BCUT2D eigenvalue weighted by molar-refractivity contribution is -0.167. The Bertz CT molecular complexity index is 1110. The molecule has 0 aliphatic carbocycles. The molecular formula is C57H102O6. The summed E-state index contributed by atoms with van der Waals surface area (Å²) < 4.78 is 16.8. The fourth-order valence-corrected chi connectivity index (χ4v) is 7.79. The Morgan fingerprint density at radius 1 is 0.333 bits per heavy atom. The number of esters is 3. The molecular weight excluding hydrogens is 781 g/mol. The van der Waals surface area contributed by atoms with E-state index >= 15 is 0 Å². The highest BCUT2D eigenvalue weighted by atomic mass is 16.6. The zero-order valence-corrected chi connectivity index (χ0v) is 41.8. The quantitative estimate of drug-likeness (QED) is 0.0262. The molecule has 0 spiro atoms. The topological polar surface area (TPSA) is 78.9 Å². The van der Waals surface area contributed by atoms with Crippen LogP contribution in [-0.4, -0.2) is 37.2 Å². The lowest BCUT2D eigenvalue weighted by atomic mass is 10.0. The molecule has 0 aromatic heterocycles. The fraction of sp³-hybridized carbons (Fsp3) is 0.807. The Morgan fingerprint density at radius 3 is 0.968 bits per heavy atom. The highest BCUT2D eigenvalue weighted by Gasteiger charge is 2.19. The van der Waals surface area contributed by atoms with Crippen LogP contribution in [0, 0.1) is 0 Å². The van der Waals surface area contributed by atoms with Gasteiger partial charge in [-0.3, -0.25) is 14.4 Å². The molecule has 6 nitrogen and oxygen atoms in total. The predicted octanol–water partition coefficient (Wildman–Crippen LogP) is 17.9. The third-order valence-electron chi connectivity index (χ3n) is 11.8. The zero-order valence-electron chi connectivity index (χ0n) is 41.8. The fourth-order valence-electron chi connectivity index (χ4n) is 7.79. The molecule has 366 valence electrons. The molecule has 0 amide bonds. The van der Waals surface area contributed by atoms with Crippen molar-refractivity contribution in [1.82, 2.24) is 0 Å². The van der Waals surface area contributed by atoms with E-state index < -0.39 is 6.10 Å². The van der Waals surface area contributed by atoms with Gasteiger partial charge in [0.2, 0.25) is 0 Å². The minimum absolute atomic E-state index is 0.0700. The molecule has 6 heteroatoms. The highest BCUT2D eigenvalue weighted by molar-refractivity contribution is 5.71. The van der Waals surface area contributed by atoms with Crippen LogP contribution >= 0.6 is 0 Å². The second-order valence-corrected chi connectivity index (χ2v) is 18.1. The van der Waals surface area contributed by atoms with Gasteiger partial charge in [-0.2, -0.15) is 0 Å². The molecule has 0 aromatic rings. The van der Waals surface area contributed by atoms with Crippen molar-refractivity contribution in [3.8, 4) is 0 Å². The maximum Gasteiger partial charge on any atom is 0.306 e. The lowest BCUT2D eigenvalue weighted by Crippen LogP contribution is -2.30. The first kappa shape index (κ1) is 60.4. The largest absolute Gasteiger partial charge is 0.462 e. The molecule has 1 atom stereocenters. The SMILES string of the molecule is CC/C=C\C/C=C\C/C=C\C/C=C\CCCCCCCCCCCCC(=O)OCC(COC(=O)CCCCCCCCCCCCC)OC(=O)CCCCCCCCCCCCC. The van der Waals surface area contributed by atoms with E-state index in [-0.39, 0.29) is 31.1 Å². The average Bonchev–Trinajstić information content (AvgIpc) is 3.28. The molecule has 0 aliphatic heterocycles. The summed E-state index contributed by atoms with van der Waals surface area (Å²) in [7, 11) is 0. The molecule has 1 unspecified atom stereocenters. The van der Waals surface area contributed by atoms with Crippen molar-refractivity contribution in [3.05, 3.63) is 48.6 Å². The number of carbonyl (C=O) groups is 3. The first-order valence-corrected chi connectivity index (χ1v) is 27.1. The van der Waals surface area contributed by atoms with Crippen LogP contribution in [0.2, 0.25) is 0 Å². The van der Waals surface area contributed by atoms with Gasteiger partial charge >= 0.3 is 17.9 Å². The van der Waals surface area contributed by atoms with Gasteiger partial charge in [-0.15, -0.1) is 0 Å². The van der Waals surface area contributed by atoms with Crippen molar-refractivity contribution in [2.45, 2.75) is 284 Å². The van der Waals surface area contributed by atoms with E-state index in [0.717, 1.165) is 83.5 Å². The Hall–Kier alpha value is -2.63. The maximum absolute atomic E-state index is 12.8. The van der Waals surface area contributed by atoms with Crippen LogP contribution in [0.4, 0.5) is 0 Å². The van der Waals surface area contributed by atoms with Crippen molar-refractivity contribution in [1.29, 1.82) is 0 Å². The van der Waals surface area contributed by atoms with Gasteiger partial charge in [0.1, 0.15) is 13.2 Å². The number of rotatable bonds is 49. The summed E-state index contributed by atoms with van der Waals surface area (Å²) in [6.07, 6.45) is 62.4. The van der Waals surface area contributed by atoms with Crippen molar-refractivity contribution in [2.24, 2.45) is 0 Å². The van der Waals surface area contributed by atoms with E-state index in [4.69, 9.17) is 14.2 Å². The molecule has 0 saturated carbocycles. The van der Waals surface area contributed by atoms with E-state index in [0.29, 0.717) is 19.3 Å². The predicted molar refractivity (Wildman–Crippen MR) is 270 cm³/mol. The number of allylic oxidation sites excluding steroid dienone is 8. The van der Waals surface area contributed by atoms with Crippen LogP contribution in [0.5, 0.6) is 0 Å². The Kier molecular flexibility index (Phi) is 49.8. The second kappa shape index (κ2) is 52.0. The number of carbonyl (C=O) groups excluding carboxylic acids is 3. The first-order valence-electron chi connectivity index (χ1n) is 27.1. The number of hydrogen-bond donors (Lipinski definition) is 0. The molecule has 0 radical (unpaired) electrons. The van der Waals surface area contributed by atoms with Crippen LogP contribution < -0.4 is 0 Å². The summed E-state index contributed by atoms with van der Waals surface area (Å²) in [4.78, 5) is 37.9. The molecule has 0 aromatic carbocycles. The van der Waals surface area contributed by atoms with Gasteiger partial charge in [-0.05, 0) is 57.8 Å². The van der Waals surface area contributed by atoms with Crippen molar-refractivity contribution in [2.75, 3.05) is 13.2 Å². The number of unbranched alkanes of at least 4 members (excludes halogenated alkanes) is 30. The Labute approximate surface area is 390 Å². The van der Waals surface area contributed by atoms with Crippen LogP contribution in [0.1, 0.15) is 278 Å². The van der Waals surface area contributed by atoms with Crippen LogP contribution in [-0.2, 0) is 28.6 Å². The third kappa shape index (κ3) is 50.2.